The summed E-state index contributed by atoms with van der Waals surface area (Å²) in [5, 5.41) is 6.56. The van der Waals surface area contributed by atoms with E-state index in [1.54, 1.807) is 12.1 Å². The second kappa shape index (κ2) is 27.2. The number of hydrogen-bond donors (Lipinski definition) is 2. The van der Waals surface area contributed by atoms with Crippen molar-refractivity contribution in [3.63, 3.8) is 0 Å². The van der Waals surface area contributed by atoms with Gasteiger partial charge in [-0.15, -0.1) is 6.42 Å². The summed E-state index contributed by atoms with van der Waals surface area (Å²) in [5.74, 6) is 9.77. The Kier molecular flexibility index (Phi) is 24.5. The van der Waals surface area contributed by atoms with Gasteiger partial charge >= 0.3 is 0 Å². The summed E-state index contributed by atoms with van der Waals surface area (Å²) in [5.41, 5.74) is 5.88. The Morgan fingerprint density at radius 3 is 1.88 bits per heavy atom. The van der Waals surface area contributed by atoms with Crippen molar-refractivity contribution >= 4 is 47.1 Å². The molecule has 0 amide bonds. The molecule has 4 rings (SSSR count). The van der Waals surface area contributed by atoms with Crippen molar-refractivity contribution in [1.82, 2.24) is 4.98 Å². The van der Waals surface area contributed by atoms with E-state index in [-0.39, 0.29) is 5.78 Å². The molecule has 2 aromatic carbocycles. The third-order valence-corrected chi connectivity index (χ3v) is 6.13. The number of nitrogens with zero attached hydrogens (tertiary/aromatic N) is 2. The number of morpholine rings is 1. The van der Waals surface area contributed by atoms with Crippen molar-refractivity contribution in [2.45, 2.75) is 47.5 Å². The van der Waals surface area contributed by atoms with Crippen LogP contribution in [0, 0.1) is 24.2 Å². The van der Waals surface area contributed by atoms with E-state index in [0.29, 0.717) is 31.2 Å². The highest BCUT2D eigenvalue weighted by Crippen LogP contribution is 2.19. The molecule has 0 spiro atoms. The van der Waals surface area contributed by atoms with Crippen LogP contribution in [0.5, 0.6) is 0 Å². The van der Waals surface area contributed by atoms with E-state index in [1.165, 1.54) is 6.92 Å². The van der Waals surface area contributed by atoms with Crippen molar-refractivity contribution in [2.24, 2.45) is 0 Å². The minimum atomic E-state index is 0.0344. The first-order valence-electron chi connectivity index (χ1n) is 15.7. The Hall–Kier alpha value is -4.89. The molecule has 1 aromatic heterocycles. The molecule has 256 valence electrons. The summed E-state index contributed by atoms with van der Waals surface area (Å²) >= 11 is 6.15. The molecule has 48 heavy (non-hydrogen) atoms. The highest BCUT2D eigenvalue weighted by molar-refractivity contribution is 6.29. The summed E-state index contributed by atoms with van der Waals surface area (Å²) in [6.07, 6.45) is 8.92. The molecule has 2 heterocycles. The molecule has 1 saturated heterocycles. The summed E-state index contributed by atoms with van der Waals surface area (Å²) in [4.78, 5) is 36.0. The zero-order valence-corrected chi connectivity index (χ0v) is 30.0. The molecule has 3 aromatic rings. The molecule has 0 radical (unpaired) electrons. The Balaban J connectivity index is 0.000000736. The van der Waals surface area contributed by atoms with Crippen molar-refractivity contribution in [1.29, 1.82) is 0 Å². The quantitative estimate of drug-likeness (QED) is 0.116. The lowest BCUT2D eigenvalue weighted by atomic mass is 10.2. The zero-order valence-electron chi connectivity index (χ0n) is 29.2. The number of nitrogens with one attached hydrogen (secondary N) is 2. The van der Waals surface area contributed by atoms with Gasteiger partial charge in [0.25, 0.3) is 0 Å². The van der Waals surface area contributed by atoms with Crippen LogP contribution in [0.3, 0.4) is 0 Å². The van der Waals surface area contributed by atoms with Gasteiger partial charge in [-0.25, -0.2) is 4.98 Å². The van der Waals surface area contributed by atoms with E-state index in [9.17, 15) is 9.59 Å². The van der Waals surface area contributed by atoms with Gasteiger partial charge < -0.3 is 29.9 Å². The molecule has 2 N–H and O–H groups in total. The number of terminal acetylenes is 1. The molecule has 1 aliphatic heterocycles. The summed E-state index contributed by atoms with van der Waals surface area (Å²) in [7, 11) is 3.78. The number of anilines is 3. The van der Waals surface area contributed by atoms with E-state index < -0.39 is 0 Å². The van der Waals surface area contributed by atoms with Gasteiger partial charge in [0.05, 0.1) is 13.2 Å². The number of pyridine rings is 1. The van der Waals surface area contributed by atoms with Crippen LogP contribution >= 0.6 is 11.6 Å². The largest absolute Gasteiger partial charge is 0.388 e. The standard InChI is InChI=1S/C18H18ClN3O.C9H9N.C8H12O2.C2H4O.C2H6/c1-20-16-6-4-14(5-7-16)2-3-15-12-17(19)21-18(13-15)22-8-10-23-11-9-22;1-3-8-4-6-9(10-2)7-5-8;1-7(2)6-8(10)4-3-5-9;1-2-3;1-2/h4-7,12-13,20H,8-11H2,1H3;1,4-7,10H,2H3;5-6H,3-4H2,1-2H3;2H,1H3;1-2H3. The second-order valence-electron chi connectivity index (χ2n) is 9.81. The maximum absolute atomic E-state index is 10.8. The third kappa shape index (κ3) is 19.6. The molecule has 0 unspecified atom stereocenters. The van der Waals surface area contributed by atoms with Crippen LogP contribution < -0.4 is 15.5 Å². The Morgan fingerprint density at radius 2 is 1.42 bits per heavy atom. The fraction of sp³-hybridized carbons (Fsp3) is 0.333. The Morgan fingerprint density at radius 1 is 0.917 bits per heavy atom. The van der Waals surface area contributed by atoms with Crippen LogP contribution in [-0.4, -0.2) is 63.7 Å². The molecule has 0 bridgehead atoms. The molecule has 0 saturated carbocycles. The van der Waals surface area contributed by atoms with Gasteiger partial charge in [-0.1, -0.05) is 48.8 Å². The highest BCUT2D eigenvalue weighted by Gasteiger charge is 2.13. The van der Waals surface area contributed by atoms with Crippen LogP contribution in [0.1, 0.15) is 64.2 Å². The number of aldehydes is 2. The molecule has 8 nitrogen and oxygen atoms in total. The van der Waals surface area contributed by atoms with E-state index in [1.807, 2.05) is 96.4 Å². The molecular weight excluding hydrogens is 624 g/mol. The van der Waals surface area contributed by atoms with Gasteiger partial charge in [0.15, 0.2) is 5.78 Å². The first-order valence-corrected chi connectivity index (χ1v) is 16.1. The SMILES string of the molecule is C#Cc1ccc(NC)cc1.CC.CC(C)=CC(=O)CCC=O.CC=O.CNc1ccc(C#Cc2cc(Cl)nc(N3CCOCC3)c2)cc1. The topological polar surface area (TPSA) is 101 Å². The predicted octanol–water partition coefficient (Wildman–Crippen LogP) is 7.45. The second-order valence-corrected chi connectivity index (χ2v) is 10.2. The molecule has 0 aliphatic carbocycles. The first-order chi connectivity index (χ1) is 23.2. The monoisotopic (exact) mass is 672 g/mol. The number of ketones is 1. The molecular formula is C39H49ClN4O4. The number of ether oxygens (including phenoxy) is 1. The maximum Gasteiger partial charge on any atom is 0.156 e. The van der Waals surface area contributed by atoms with E-state index in [4.69, 9.17) is 27.6 Å². The minimum Gasteiger partial charge on any atom is -0.388 e. The van der Waals surface area contributed by atoms with Crippen molar-refractivity contribution < 1.29 is 19.1 Å². The van der Waals surface area contributed by atoms with Crippen molar-refractivity contribution in [3.8, 4) is 24.2 Å². The predicted molar refractivity (Wildman–Crippen MR) is 201 cm³/mol. The van der Waals surface area contributed by atoms with Gasteiger partial charge in [-0.05, 0) is 87.5 Å². The van der Waals surface area contributed by atoms with Crippen molar-refractivity contribution in [2.75, 3.05) is 55.9 Å². The van der Waals surface area contributed by atoms with Gasteiger partial charge in [-0.2, -0.15) is 0 Å². The number of halogens is 1. The number of rotatable bonds is 7. The third-order valence-electron chi connectivity index (χ3n) is 5.94. The lowest BCUT2D eigenvalue weighted by Crippen LogP contribution is -2.36. The minimum absolute atomic E-state index is 0.0344. The number of carbonyl (C=O) groups excluding carboxylic acids is 3. The van der Waals surface area contributed by atoms with Crippen LogP contribution in [0.15, 0.2) is 72.3 Å². The zero-order chi connectivity index (χ0) is 36.2. The van der Waals surface area contributed by atoms with Gasteiger partial charge in [0.2, 0.25) is 0 Å². The van der Waals surface area contributed by atoms with E-state index in [2.05, 4.69) is 38.3 Å². The average Bonchev–Trinajstić information content (AvgIpc) is 3.11. The molecule has 1 fully saturated rings. The van der Waals surface area contributed by atoms with Crippen LogP contribution in [0.25, 0.3) is 0 Å². The van der Waals surface area contributed by atoms with E-state index >= 15 is 0 Å². The van der Waals surface area contributed by atoms with Crippen molar-refractivity contribution in [3.05, 3.63) is 94.2 Å². The average molecular weight is 673 g/mol. The molecule has 9 heteroatoms. The van der Waals surface area contributed by atoms with Crippen LogP contribution in [-0.2, 0) is 19.1 Å². The normalized spacial score (nSPS) is 10.7. The number of carbonyl (C=O) groups is 3. The van der Waals surface area contributed by atoms with E-state index in [0.717, 1.165) is 65.1 Å². The number of allylic oxidation sites excluding steroid dienone is 2. The Bertz CT molecular complexity index is 1490. The summed E-state index contributed by atoms with van der Waals surface area (Å²) < 4.78 is 5.37. The summed E-state index contributed by atoms with van der Waals surface area (Å²) in [6.45, 7) is 12.2. The first kappa shape index (κ1) is 43.1. The summed E-state index contributed by atoms with van der Waals surface area (Å²) in [6, 6.07) is 19.5. The number of hydrogen-bond acceptors (Lipinski definition) is 8. The molecule has 1 aliphatic rings. The highest BCUT2D eigenvalue weighted by atomic mass is 35.5. The number of aromatic nitrogens is 1. The molecule has 0 atom stereocenters. The van der Waals surface area contributed by atoms with Gasteiger partial charge in [-0.3, -0.25) is 4.79 Å². The Labute approximate surface area is 292 Å². The lowest BCUT2D eigenvalue weighted by Gasteiger charge is -2.27. The smallest absolute Gasteiger partial charge is 0.156 e. The van der Waals surface area contributed by atoms with Crippen LogP contribution in [0.4, 0.5) is 17.2 Å². The fourth-order valence-corrected chi connectivity index (χ4v) is 3.91. The number of benzene rings is 2. The maximum atomic E-state index is 10.8. The van der Waals surface area contributed by atoms with Gasteiger partial charge in [0, 0.05) is 68.1 Å². The fourth-order valence-electron chi connectivity index (χ4n) is 3.70. The van der Waals surface area contributed by atoms with Gasteiger partial charge in [0.1, 0.15) is 23.5 Å². The lowest BCUT2D eigenvalue weighted by molar-refractivity contribution is -0.117. The van der Waals surface area contributed by atoms with Crippen LogP contribution in [0.2, 0.25) is 5.15 Å².